The Morgan fingerprint density at radius 1 is 1.20 bits per heavy atom. The summed E-state index contributed by atoms with van der Waals surface area (Å²) in [6, 6.07) is 5.22. The van der Waals surface area contributed by atoms with Crippen LogP contribution in [-0.2, 0) is 9.59 Å². The van der Waals surface area contributed by atoms with Crippen molar-refractivity contribution in [3.05, 3.63) is 29.3 Å². The lowest BCUT2D eigenvalue weighted by Gasteiger charge is -2.24. The zero-order valence-corrected chi connectivity index (χ0v) is 11.9. The van der Waals surface area contributed by atoms with E-state index in [-0.39, 0.29) is 30.3 Å². The van der Waals surface area contributed by atoms with Crippen LogP contribution in [0.5, 0.6) is 5.75 Å². The predicted octanol–water partition coefficient (Wildman–Crippen LogP) is 2.37. The van der Waals surface area contributed by atoms with E-state index in [1.807, 2.05) is 6.92 Å². The van der Waals surface area contributed by atoms with Gasteiger partial charge in [-0.25, -0.2) is 0 Å². The standard InChI is InChI=1S/C16H18O4/c1-9-7-11(17)15(12(18)8-9)16(19)14-10(2)5-4-6-13(14)20-3/h4-6,9,15H,7-8H2,1-3H3. The molecule has 1 aliphatic carbocycles. The maximum Gasteiger partial charge on any atom is 0.184 e. The minimum atomic E-state index is -1.15. The van der Waals surface area contributed by atoms with Gasteiger partial charge in [-0.3, -0.25) is 14.4 Å². The molecule has 1 fully saturated rings. The molecule has 0 atom stereocenters. The van der Waals surface area contributed by atoms with Crippen LogP contribution in [-0.4, -0.2) is 24.5 Å². The van der Waals surface area contributed by atoms with Gasteiger partial charge in [-0.2, -0.15) is 0 Å². The maximum atomic E-state index is 12.6. The quantitative estimate of drug-likeness (QED) is 0.627. The van der Waals surface area contributed by atoms with Crippen molar-refractivity contribution < 1.29 is 19.1 Å². The van der Waals surface area contributed by atoms with Gasteiger partial charge >= 0.3 is 0 Å². The third-order valence-electron chi connectivity index (χ3n) is 3.71. The molecule has 0 radical (unpaired) electrons. The second-order valence-electron chi connectivity index (χ2n) is 5.40. The third kappa shape index (κ3) is 2.50. The Bertz CT molecular complexity index is 556. The summed E-state index contributed by atoms with van der Waals surface area (Å²) in [6.07, 6.45) is 0.576. The van der Waals surface area contributed by atoms with Gasteiger partial charge in [-0.1, -0.05) is 19.1 Å². The molecule has 0 amide bonds. The number of carbonyl (C=O) groups excluding carboxylic acids is 3. The zero-order valence-electron chi connectivity index (χ0n) is 11.9. The van der Waals surface area contributed by atoms with Gasteiger partial charge < -0.3 is 4.74 Å². The topological polar surface area (TPSA) is 60.4 Å². The SMILES string of the molecule is COc1cccc(C)c1C(=O)C1C(=O)CC(C)CC1=O. The van der Waals surface area contributed by atoms with Gasteiger partial charge in [-0.15, -0.1) is 0 Å². The van der Waals surface area contributed by atoms with E-state index < -0.39 is 11.7 Å². The first-order chi connectivity index (χ1) is 9.45. The van der Waals surface area contributed by atoms with Crippen molar-refractivity contribution >= 4 is 17.3 Å². The summed E-state index contributed by atoms with van der Waals surface area (Å²) in [6.45, 7) is 3.63. The number of Topliss-reactive ketones (excluding diaryl/α,β-unsaturated/α-hetero) is 3. The number of hydrogen-bond donors (Lipinski definition) is 0. The Kier molecular flexibility index (Phi) is 4.02. The summed E-state index contributed by atoms with van der Waals surface area (Å²) in [7, 11) is 1.47. The molecule has 0 heterocycles. The number of rotatable bonds is 3. The molecule has 0 spiro atoms. The number of carbonyl (C=O) groups is 3. The van der Waals surface area contributed by atoms with E-state index in [0.717, 1.165) is 0 Å². The van der Waals surface area contributed by atoms with E-state index in [1.165, 1.54) is 7.11 Å². The monoisotopic (exact) mass is 274 g/mol. The molecule has 1 aromatic rings. The molecule has 0 aromatic heterocycles. The highest BCUT2D eigenvalue weighted by atomic mass is 16.5. The molecule has 106 valence electrons. The molecule has 1 aromatic carbocycles. The summed E-state index contributed by atoms with van der Waals surface area (Å²) in [5.41, 5.74) is 1.06. The molecule has 0 N–H and O–H groups in total. The molecule has 4 nitrogen and oxygen atoms in total. The van der Waals surface area contributed by atoms with Crippen LogP contribution >= 0.6 is 0 Å². The van der Waals surface area contributed by atoms with Crippen LogP contribution in [0.25, 0.3) is 0 Å². The van der Waals surface area contributed by atoms with Crippen LogP contribution in [0.3, 0.4) is 0 Å². The van der Waals surface area contributed by atoms with E-state index in [0.29, 0.717) is 16.9 Å². The van der Waals surface area contributed by atoms with Crippen molar-refractivity contribution in [3.63, 3.8) is 0 Å². The highest BCUT2D eigenvalue weighted by Crippen LogP contribution is 2.30. The van der Waals surface area contributed by atoms with E-state index >= 15 is 0 Å². The average Bonchev–Trinajstić information content (AvgIpc) is 2.36. The van der Waals surface area contributed by atoms with Gasteiger partial charge in [0.25, 0.3) is 0 Å². The number of ketones is 3. The fourth-order valence-corrected chi connectivity index (χ4v) is 2.74. The molecule has 1 saturated carbocycles. The van der Waals surface area contributed by atoms with Crippen molar-refractivity contribution in [2.24, 2.45) is 11.8 Å². The zero-order chi connectivity index (χ0) is 14.9. The van der Waals surface area contributed by atoms with Crippen LogP contribution in [0.15, 0.2) is 18.2 Å². The number of hydrogen-bond acceptors (Lipinski definition) is 4. The highest BCUT2D eigenvalue weighted by molar-refractivity contribution is 6.26. The maximum absolute atomic E-state index is 12.6. The van der Waals surface area contributed by atoms with Crippen LogP contribution in [0.4, 0.5) is 0 Å². The Morgan fingerprint density at radius 2 is 1.80 bits per heavy atom. The lowest BCUT2D eigenvalue weighted by atomic mass is 9.76. The molecule has 0 aliphatic heterocycles. The van der Waals surface area contributed by atoms with E-state index in [1.54, 1.807) is 25.1 Å². The molecule has 4 heteroatoms. The van der Waals surface area contributed by atoms with Gasteiger partial charge in [0, 0.05) is 12.8 Å². The Balaban J connectivity index is 2.41. The number of benzene rings is 1. The lowest BCUT2D eigenvalue weighted by molar-refractivity contribution is -0.134. The van der Waals surface area contributed by atoms with Crippen molar-refractivity contribution in [3.8, 4) is 5.75 Å². The van der Waals surface area contributed by atoms with E-state index in [4.69, 9.17) is 4.74 Å². The van der Waals surface area contributed by atoms with Gasteiger partial charge in [0.15, 0.2) is 17.3 Å². The van der Waals surface area contributed by atoms with Gasteiger partial charge in [0.2, 0.25) is 0 Å². The first-order valence-corrected chi connectivity index (χ1v) is 6.69. The largest absolute Gasteiger partial charge is 0.496 e. The average molecular weight is 274 g/mol. The number of methoxy groups -OCH3 is 1. The van der Waals surface area contributed by atoms with Crippen LogP contribution in [0.2, 0.25) is 0 Å². The van der Waals surface area contributed by atoms with Crippen LogP contribution in [0, 0.1) is 18.8 Å². The molecule has 0 unspecified atom stereocenters. The second kappa shape index (κ2) is 5.57. The van der Waals surface area contributed by atoms with Gasteiger partial charge in [0.1, 0.15) is 11.7 Å². The van der Waals surface area contributed by atoms with Crippen molar-refractivity contribution in [2.45, 2.75) is 26.7 Å². The van der Waals surface area contributed by atoms with Crippen LogP contribution < -0.4 is 4.74 Å². The molecule has 2 rings (SSSR count). The third-order valence-corrected chi connectivity index (χ3v) is 3.71. The summed E-state index contributed by atoms with van der Waals surface area (Å²) in [5, 5.41) is 0. The van der Waals surface area contributed by atoms with Crippen molar-refractivity contribution in [1.29, 1.82) is 0 Å². The molecule has 0 bridgehead atoms. The minimum absolute atomic E-state index is 0.0258. The Labute approximate surface area is 118 Å². The molecule has 1 aliphatic rings. The predicted molar refractivity (Wildman–Crippen MR) is 74.0 cm³/mol. The molecule has 20 heavy (non-hydrogen) atoms. The Hall–Kier alpha value is -1.97. The summed E-state index contributed by atoms with van der Waals surface area (Å²) >= 11 is 0. The first kappa shape index (κ1) is 14.4. The first-order valence-electron chi connectivity index (χ1n) is 6.69. The molecular weight excluding hydrogens is 256 g/mol. The lowest BCUT2D eigenvalue weighted by Crippen LogP contribution is -2.38. The van der Waals surface area contributed by atoms with E-state index in [9.17, 15) is 14.4 Å². The molecule has 0 saturated heterocycles. The van der Waals surface area contributed by atoms with Gasteiger partial charge in [-0.05, 0) is 24.5 Å². The molecular formula is C16H18O4. The summed E-state index contributed by atoms with van der Waals surface area (Å²) < 4.78 is 5.19. The fourth-order valence-electron chi connectivity index (χ4n) is 2.74. The number of aryl methyl sites for hydroxylation is 1. The number of ether oxygens (including phenoxy) is 1. The second-order valence-corrected chi connectivity index (χ2v) is 5.40. The minimum Gasteiger partial charge on any atom is -0.496 e. The van der Waals surface area contributed by atoms with Gasteiger partial charge in [0.05, 0.1) is 12.7 Å². The fraction of sp³-hybridized carbons (Fsp3) is 0.438. The van der Waals surface area contributed by atoms with E-state index in [2.05, 4.69) is 0 Å². The van der Waals surface area contributed by atoms with Crippen LogP contribution in [0.1, 0.15) is 35.7 Å². The summed E-state index contributed by atoms with van der Waals surface area (Å²) in [4.78, 5) is 36.7. The van der Waals surface area contributed by atoms with Crippen molar-refractivity contribution in [1.82, 2.24) is 0 Å². The summed E-state index contributed by atoms with van der Waals surface area (Å²) in [5.74, 6) is -1.69. The normalized spacial score (nSPS) is 22.8. The van der Waals surface area contributed by atoms with Crippen molar-refractivity contribution in [2.75, 3.05) is 7.11 Å². The highest BCUT2D eigenvalue weighted by Gasteiger charge is 2.40. The smallest absolute Gasteiger partial charge is 0.184 e. The Morgan fingerprint density at radius 3 is 2.35 bits per heavy atom.